The van der Waals surface area contributed by atoms with E-state index in [1.807, 2.05) is 24.3 Å². The van der Waals surface area contributed by atoms with Crippen molar-refractivity contribution in [1.29, 1.82) is 0 Å². The summed E-state index contributed by atoms with van der Waals surface area (Å²) in [6, 6.07) is 13.6. The number of amides is 1. The fourth-order valence-electron chi connectivity index (χ4n) is 1.96. The molecule has 0 aromatic heterocycles. The van der Waals surface area contributed by atoms with Gasteiger partial charge in [-0.25, -0.2) is 4.39 Å². The van der Waals surface area contributed by atoms with Gasteiger partial charge in [0.15, 0.2) is 5.17 Å². The molecule has 0 bridgehead atoms. The van der Waals surface area contributed by atoms with Gasteiger partial charge in [-0.3, -0.25) is 4.79 Å². The highest BCUT2D eigenvalue weighted by Crippen LogP contribution is 2.15. The largest absolute Gasteiger partial charge is 0.489 e. The Kier molecular flexibility index (Phi) is 5.22. The van der Waals surface area contributed by atoms with Crippen LogP contribution in [0.3, 0.4) is 0 Å². The van der Waals surface area contributed by atoms with Crippen LogP contribution in [0.2, 0.25) is 0 Å². The molecule has 0 radical (unpaired) electrons. The zero-order valence-electron chi connectivity index (χ0n) is 12.6. The first-order valence-electron chi connectivity index (χ1n) is 7.20. The van der Waals surface area contributed by atoms with Crippen LogP contribution in [-0.2, 0) is 11.4 Å². The van der Waals surface area contributed by atoms with E-state index in [4.69, 9.17) is 4.74 Å². The average Bonchev–Trinajstić information content (AvgIpc) is 3.00. The Morgan fingerprint density at radius 1 is 1.25 bits per heavy atom. The molecule has 1 saturated heterocycles. The molecule has 0 spiro atoms. The highest BCUT2D eigenvalue weighted by molar-refractivity contribution is 8.15. The number of hydrogen-bond acceptors (Lipinski definition) is 5. The molecule has 1 fully saturated rings. The summed E-state index contributed by atoms with van der Waals surface area (Å²) >= 11 is 1.32. The van der Waals surface area contributed by atoms with Gasteiger partial charge in [-0.05, 0) is 35.4 Å². The Balaban J connectivity index is 1.59. The van der Waals surface area contributed by atoms with E-state index in [0.29, 0.717) is 23.3 Å². The zero-order valence-corrected chi connectivity index (χ0v) is 13.4. The molecule has 7 heteroatoms. The first-order chi connectivity index (χ1) is 11.7. The molecule has 0 atom stereocenters. The normalized spacial score (nSPS) is 15.9. The standard InChI is InChI=1S/C17H14FN3O2S/c18-14-6-4-12(5-7-14)10-23-15-3-1-2-13(8-15)9-19-21-17-20-16(22)11-24-17/h1-9H,10-11H2,(H,20,21,22)/b19-9+. The van der Waals surface area contributed by atoms with E-state index in [1.165, 1.54) is 23.9 Å². The molecule has 1 heterocycles. The lowest BCUT2D eigenvalue weighted by atomic mass is 10.2. The number of carbonyl (C=O) groups excluding carboxylic acids is 1. The van der Waals surface area contributed by atoms with Crippen molar-refractivity contribution < 1.29 is 13.9 Å². The lowest BCUT2D eigenvalue weighted by molar-refractivity contribution is -0.116. The van der Waals surface area contributed by atoms with Crippen LogP contribution in [0.15, 0.2) is 58.7 Å². The summed E-state index contributed by atoms with van der Waals surface area (Å²) in [6.07, 6.45) is 1.59. The minimum absolute atomic E-state index is 0.0647. The van der Waals surface area contributed by atoms with Crippen LogP contribution in [0.1, 0.15) is 11.1 Å². The molecular weight excluding hydrogens is 329 g/mol. The summed E-state index contributed by atoms with van der Waals surface area (Å²) in [4.78, 5) is 11.0. The second kappa shape index (κ2) is 7.74. The van der Waals surface area contributed by atoms with E-state index < -0.39 is 0 Å². The zero-order chi connectivity index (χ0) is 16.8. The summed E-state index contributed by atoms with van der Waals surface area (Å²) in [5, 5.41) is 11.0. The minimum atomic E-state index is -0.268. The molecule has 2 aromatic rings. The van der Waals surface area contributed by atoms with Gasteiger partial charge in [0.25, 0.3) is 0 Å². The van der Waals surface area contributed by atoms with Crippen molar-refractivity contribution in [3.63, 3.8) is 0 Å². The van der Waals surface area contributed by atoms with E-state index >= 15 is 0 Å². The van der Waals surface area contributed by atoms with E-state index in [0.717, 1.165) is 11.1 Å². The summed E-state index contributed by atoms with van der Waals surface area (Å²) in [5.41, 5.74) is 1.71. The Hall–Kier alpha value is -2.67. The van der Waals surface area contributed by atoms with Crippen LogP contribution in [-0.4, -0.2) is 23.0 Å². The number of nitrogens with zero attached hydrogens (tertiary/aromatic N) is 2. The fraction of sp³-hybridized carbons (Fsp3) is 0.118. The summed E-state index contributed by atoms with van der Waals surface area (Å²) in [7, 11) is 0. The van der Waals surface area contributed by atoms with Crippen molar-refractivity contribution in [2.24, 2.45) is 10.2 Å². The van der Waals surface area contributed by atoms with E-state index in [9.17, 15) is 9.18 Å². The first-order valence-corrected chi connectivity index (χ1v) is 8.18. The second-order valence-corrected chi connectivity index (χ2v) is 5.94. The number of halogens is 1. The summed E-state index contributed by atoms with van der Waals surface area (Å²) in [5.74, 6) is 0.723. The molecule has 24 heavy (non-hydrogen) atoms. The number of carbonyl (C=O) groups is 1. The lowest BCUT2D eigenvalue weighted by Gasteiger charge is -2.06. The summed E-state index contributed by atoms with van der Waals surface area (Å²) in [6.45, 7) is 0.353. The van der Waals surface area contributed by atoms with Crippen molar-refractivity contribution in [3.8, 4) is 5.75 Å². The maximum atomic E-state index is 12.9. The number of rotatable bonds is 5. The molecule has 0 aliphatic carbocycles. The monoisotopic (exact) mass is 343 g/mol. The minimum Gasteiger partial charge on any atom is -0.489 e. The van der Waals surface area contributed by atoms with Crippen LogP contribution in [0.5, 0.6) is 5.75 Å². The van der Waals surface area contributed by atoms with Crippen molar-refractivity contribution in [2.45, 2.75) is 6.61 Å². The molecule has 0 unspecified atom stereocenters. The molecule has 1 aliphatic heterocycles. The van der Waals surface area contributed by atoms with E-state index in [2.05, 4.69) is 15.5 Å². The summed E-state index contributed by atoms with van der Waals surface area (Å²) < 4.78 is 18.5. The Labute approximate surface area is 142 Å². The SMILES string of the molecule is O=C1CS/C(=N\N=C\c2cccc(OCc3ccc(F)cc3)c2)N1. The third kappa shape index (κ3) is 4.66. The first kappa shape index (κ1) is 16.2. The van der Waals surface area contributed by atoms with Crippen molar-refractivity contribution in [1.82, 2.24) is 5.32 Å². The van der Waals surface area contributed by atoms with Gasteiger partial charge in [-0.15, -0.1) is 5.10 Å². The number of amidine groups is 1. The molecule has 1 amide bonds. The molecular formula is C17H14FN3O2S. The van der Waals surface area contributed by atoms with Gasteiger partial charge in [0.2, 0.25) is 5.91 Å². The van der Waals surface area contributed by atoms with Gasteiger partial charge >= 0.3 is 0 Å². The quantitative estimate of drug-likeness (QED) is 0.671. The van der Waals surface area contributed by atoms with Crippen molar-refractivity contribution in [3.05, 3.63) is 65.5 Å². The van der Waals surface area contributed by atoms with Crippen LogP contribution >= 0.6 is 11.8 Å². The fourth-order valence-corrected chi connectivity index (χ4v) is 2.59. The van der Waals surface area contributed by atoms with Crippen LogP contribution in [0, 0.1) is 5.82 Å². The number of benzene rings is 2. The van der Waals surface area contributed by atoms with Gasteiger partial charge < -0.3 is 10.1 Å². The molecule has 2 aromatic carbocycles. The second-order valence-electron chi connectivity index (χ2n) is 4.97. The third-order valence-corrected chi connectivity index (χ3v) is 3.98. The molecule has 1 N–H and O–H groups in total. The van der Waals surface area contributed by atoms with Gasteiger partial charge in [0.1, 0.15) is 18.2 Å². The Morgan fingerprint density at radius 3 is 2.83 bits per heavy atom. The molecule has 1 aliphatic rings. The van der Waals surface area contributed by atoms with Crippen molar-refractivity contribution in [2.75, 3.05) is 5.75 Å². The Morgan fingerprint density at radius 2 is 2.08 bits per heavy atom. The van der Waals surface area contributed by atoms with Gasteiger partial charge in [-0.2, -0.15) is 5.10 Å². The highest BCUT2D eigenvalue weighted by Gasteiger charge is 2.15. The predicted octanol–water partition coefficient (Wildman–Crippen LogP) is 2.96. The molecule has 122 valence electrons. The van der Waals surface area contributed by atoms with E-state index in [-0.39, 0.29) is 11.7 Å². The van der Waals surface area contributed by atoms with Crippen LogP contribution in [0.25, 0.3) is 0 Å². The smallest absolute Gasteiger partial charge is 0.236 e. The van der Waals surface area contributed by atoms with Crippen molar-refractivity contribution >= 4 is 29.1 Å². The van der Waals surface area contributed by atoms with Gasteiger partial charge in [-0.1, -0.05) is 36.0 Å². The average molecular weight is 343 g/mol. The maximum absolute atomic E-state index is 12.9. The molecule has 0 saturated carbocycles. The maximum Gasteiger partial charge on any atom is 0.236 e. The topological polar surface area (TPSA) is 63.0 Å². The van der Waals surface area contributed by atoms with Crippen LogP contribution < -0.4 is 10.1 Å². The third-order valence-electron chi connectivity index (χ3n) is 3.12. The van der Waals surface area contributed by atoms with Crippen LogP contribution in [0.4, 0.5) is 4.39 Å². The van der Waals surface area contributed by atoms with Gasteiger partial charge in [0.05, 0.1) is 12.0 Å². The van der Waals surface area contributed by atoms with E-state index in [1.54, 1.807) is 18.3 Å². The lowest BCUT2D eigenvalue weighted by Crippen LogP contribution is -2.19. The highest BCUT2D eigenvalue weighted by atomic mass is 32.2. The molecule has 5 nitrogen and oxygen atoms in total. The molecule has 3 rings (SSSR count). The Bertz CT molecular complexity index is 791. The number of thioether (sulfide) groups is 1. The number of hydrogen-bond donors (Lipinski definition) is 1. The predicted molar refractivity (Wildman–Crippen MR) is 92.8 cm³/mol. The number of nitrogens with one attached hydrogen (secondary N) is 1. The number of ether oxygens (including phenoxy) is 1. The van der Waals surface area contributed by atoms with Gasteiger partial charge in [0, 0.05) is 0 Å².